The highest BCUT2D eigenvalue weighted by Crippen LogP contribution is 2.27. The number of carbonyl (C=O) groups excluding carboxylic acids is 1. The number of nitrogens with one attached hydrogen (secondary N) is 1. The molecule has 16 heavy (non-hydrogen) atoms. The smallest absolute Gasteiger partial charge is 0.319 e. The van der Waals surface area contributed by atoms with Crippen molar-refractivity contribution in [1.29, 1.82) is 0 Å². The highest BCUT2D eigenvalue weighted by atomic mass is 16.5. The summed E-state index contributed by atoms with van der Waals surface area (Å²) in [6, 6.07) is 0.446. The van der Waals surface area contributed by atoms with Crippen molar-refractivity contribution in [2.24, 2.45) is 5.92 Å². The van der Waals surface area contributed by atoms with Crippen LogP contribution in [0, 0.1) is 5.92 Å². The summed E-state index contributed by atoms with van der Waals surface area (Å²) in [6.45, 7) is 5.19. The van der Waals surface area contributed by atoms with Gasteiger partial charge in [-0.05, 0) is 32.1 Å². The van der Waals surface area contributed by atoms with Gasteiger partial charge >= 0.3 is 5.97 Å². The molecule has 0 bridgehead atoms. The van der Waals surface area contributed by atoms with Crippen LogP contribution >= 0.6 is 0 Å². The van der Waals surface area contributed by atoms with Crippen LogP contribution in [0.3, 0.4) is 0 Å². The van der Waals surface area contributed by atoms with Crippen LogP contribution in [0.2, 0.25) is 0 Å². The average Bonchev–Trinajstić information content (AvgIpc) is 2.79. The van der Waals surface area contributed by atoms with Crippen molar-refractivity contribution in [1.82, 2.24) is 5.32 Å². The van der Waals surface area contributed by atoms with Crippen LogP contribution in [-0.2, 0) is 9.53 Å². The Hall–Kier alpha value is -0.570. The number of rotatable bonds is 7. The normalized spacial score (nSPS) is 18.6. The molecule has 1 fully saturated rings. The lowest BCUT2D eigenvalue weighted by atomic mass is 10.00. The average molecular weight is 227 g/mol. The molecule has 0 heterocycles. The second-order valence-corrected chi connectivity index (χ2v) is 4.79. The van der Waals surface area contributed by atoms with Gasteiger partial charge in [-0.15, -0.1) is 0 Å². The predicted octanol–water partition coefficient (Wildman–Crippen LogP) is 2.50. The van der Waals surface area contributed by atoms with Crippen molar-refractivity contribution in [2.75, 3.05) is 13.2 Å². The van der Waals surface area contributed by atoms with E-state index in [0.717, 1.165) is 18.8 Å². The zero-order valence-corrected chi connectivity index (χ0v) is 10.6. The van der Waals surface area contributed by atoms with E-state index < -0.39 is 0 Å². The fourth-order valence-corrected chi connectivity index (χ4v) is 2.25. The second kappa shape index (κ2) is 7.66. The van der Waals surface area contributed by atoms with Crippen molar-refractivity contribution >= 4 is 5.97 Å². The molecule has 3 heteroatoms. The zero-order chi connectivity index (χ0) is 11.8. The molecular weight excluding hydrogens is 202 g/mol. The van der Waals surface area contributed by atoms with Crippen LogP contribution in [-0.4, -0.2) is 25.2 Å². The van der Waals surface area contributed by atoms with Gasteiger partial charge in [0.15, 0.2) is 0 Å². The molecule has 0 radical (unpaired) electrons. The molecule has 0 aromatic carbocycles. The summed E-state index contributed by atoms with van der Waals surface area (Å²) in [4.78, 5) is 11.4. The molecule has 1 saturated carbocycles. The van der Waals surface area contributed by atoms with E-state index in [1.54, 1.807) is 0 Å². The largest absolute Gasteiger partial charge is 0.465 e. The number of esters is 1. The predicted molar refractivity (Wildman–Crippen MR) is 65.3 cm³/mol. The number of unbranched alkanes of at least 4 members (excludes halogenated alkanes) is 1. The van der Waals surface area contributed by atoms with Gasteiger partial charge in [0.05, 0.1) is 13.2 Å². The van der Waals surface area contributed by atoms with Crippen LogP contribution in [0.1, 0.15) is 52.4 Å². The van der Waals surface area contributed by atoms with Crippen molar-refractivity contribution in [3.63, 3.8) is 0 Å². The van der Waals surface area contributed by atoms with E-state index in [0.29, 0.717) is 19.2 Å². The monoisotopic (exact) mass is 227 g/mol. The lowest BCUT2D eigenvalue weighted by Crippen LogP contribution is -2.36. The van der Waals surface area contributed by atoms with Crippen molar-refractivity contribution in [3.05, 3.63) is 0 Å². The standard InChI is InChI=1S/C13H25NO2/c1-3-4-9-16-13(15)10-14-11(2)12-7-5-6-8-12/h11-12,14H,3-10H2,1-2H3/t11-/m0/s1. The topological polar surface area (TPSA) is 38.3 Å². The fraction of sp³-hybridized carbons (Fsp3) is 0.923. The quantitative estimate of drug-likeness (QED) is 0.536. The number of hydrogen-bond acceptors (Lipinski definition) is 3. The Bertz CT molecular complexity index is 200. The van der Waals surface area contributed by atoms with Gasteiger partial charge in [-0.2, -0.15) is 0 Å². The number of ether oxygens (including phenoxy) is 1. The van der Waals surface area contributed by atoms with Gasteiger partial charge in [0.2, 0.25) is 0 Å². The molecule has 3 nitrogen and oxygen atoms in total. The van der Waals surface area contributed by atoms with E-state index in [2.05, 4.69) is 19.2 Å². The summed E-state index contributed by atoms with van der Waals surface area (Å²) in [5, 5.41) is 3.28. The van der Waals surface area contributed by atoms with Crippen LogP contribution in [0.5, 0.6) is 0 Å². The molecule has 0 spiro atoms. The van der Waals surface area contributed by atoms with E-state index in [4.69, 9.17) is 4.74 Å². The van der Waals surface area contributed by atoms with Crippen LogP contribution < -0.4 is 5.32 Å². The third-order valence-corrected chi connectivity index (χ3v) is 3.44. The molecule has 0 unspecified atom stereocenters. The molecule has 0 aromatic rings. The van der Waals surface area contributed by atoms with E-state index >= 15 is 0 Å². The lowest BCUT2D eigenvalue weighted by Gasteiger charge is -2.19. The van der Waals surface area contributed by atoms with Gasteiger partial charge in [-0.1, -0.05) is 26.2 Å². The van der Waals surface area contributed by atoms with Crippen molar-refractivity contribution in [2.45, 2.75) is 58.4 Å². The lowest BCUT2D eigenvalue weighted by molar-refractivity contribution is -0.142. The van der Waals surface area contributed by atoms with Crippen LogP contribution in [0.25, 0.3) is 0 Å². The molecule has 94 valence electrons. The van der Waals surface area contributed by atoms with Crippen molar-refractivity contribution < 1.29 is 9.53 Å². The van der Waals surface area contributed by atoms with Gasteiger partial charge in [0, 0.05) is 6.04 Å². The molecular formula is C13H25NO2. The summed E-state index contributed by atoms with van der Waals surface area (Å²) in [7, 11) is 0. The molecule has 0 aromatic heterocycles. The molecule has 1 atom stereocenters. The van der Waals surface area contributed by atoms with Gasteiger partial charge in [0.1, 0.15) is 0 Å². The summed E-state index contributed by atoms with van der Waals surface area (Å²) in [5.41, 5.74) is 0. The fourth-order valence-electron chi connectivity index (χ4n) is 2.25. The summed E-state index contributed by atoms with van der Waals surface area (Å²) in [6.07, 6.45) is 7.33. The third kappa shape index (κ3) is 4.97. The molecule has 1 rings (SSSR count). The minimum absolute atomic E-state index is 0.113. The maximum Gasteiger partial charge on any atom is 0.319 e. The first-order chi connectivity index (χ1) is 7.74. The first-order valence-electron chi connectivity index (χ1n) is 6.63. The van der Waals surface area contributed by atoms with Crippen molar-refractivity contribution in [3.8, 4) is 0 Å². The highest BCUT2D eigenvalue weighted by Gasteiger charge is 2.21. The summed E-state index contributed by atoms with van der Waals surface area (Å²) < 4.78 is 5.09. The van der Waals surface area contributed by atoms with Gasteiger partial charge in [-0.25, -0.2) is 0 Å². The Labute approximate surface area is 98.9 Å². The highest BCUT2D eigenvalue weighted by molar-refractivity contribution is 5.71. The molecule has 0 aliphatic heterocycles. The number of carbonyl (C=O) groups is 1. The number of hydrogen-bond donors (Lipinski definition) is 1. The summed E-state index contributed by atoms with van der Waals surface area (Å²) in [5.74, 6) is 0.640. The zero-order valence-electron chi connectivity index (χ0n) is 10.6. The second-order valence-electron chi connectivity index (χ2n) is 4.79. The van der Waals surface area contributed by atoms with Gasteiger partial charge in [0.25, 0.3) is 0 Å². The Morgan fingerprint density at radius 3 is 2.75 bits per heavy atom. The SMILES string of the molecule is CCCCOC(=O)CN[C@@H](C)C1CCCC1. The molecule has 1 aliphatic rings. The minimum Gasteiger partial charge on any atom is -0.465 e. The van der Waals surface area contributed by atoms with Gasteiger partial charge in [-0.3, -0.25) is 4.79 Å². The molecule has 0 saturated heterocycles. The van der Waals surface area contributed by atoms with E-state index in [-0.39, 0.29) is 5.97 Å². The van der Waals surface area contributed by atoms with Crippen LogP contribution in [0.15, 0.2) is 0 Å². The van der Waals surface area contributed by atoms with E-state index in [1.165, 1.54) is 25.7 Å². The van der Waals surface area contributed by atoms with Gasteiger partial charge < -0.3 is 10.1 Å². The molecule has 1 N–H and O–H groups in total. The summed E-state index contributed by atoms with van der Waals surface area (Å²) >= 11 is 0. The molecule has 1 aliphatic carbocycles. The first-order valence-corrected chi connectivity index (χ1v) is 6.63. The third-order valence-electron chi connectivity index (χ3n) is 3.44. The van der Waals surface area contributed by atoms with E-state index in [1.807, 2.05) is 0 Å². The Morgan fingerprint density at radius 2 is 2.12 bits per heavy atom. The first kappa shape index (κ1) is 13.5. The van der Waals surface area contributed by atoms with E-state index in [9.17, 15) is 4.79 Å². The minimum atomic E-state index is -0.113. The Balaban J connectivity index is 2.06. The molecule has 0 amide bonds. The maximum atomic E-state index is 11.4. The Morgan fingerprint density at radius 1 is 1.44 bits per heavy atom. The Kier molecular flexibility index (Phi) is 6.46. The van der Waals surface area contributed by atoms with Crippen LogP contribution in [0.4, 0.5) is 0 Å². The maximum absolute atomic E-state index is 11.4.